The molecule has 0 aromatic heterocycles. The molecule has 128 valence electrons. The van der Waals surface area contributed by atoms with Crippen LogP contribution in [0.15, 0.2) is 53.4 Å². The standard InChI is InChI=1S/C20H19NO2S2/c1-3-21-19(22)18(25-20(21)24)12-16-6-4-5-7-17(16)23-13-15-10-8-14(2)9-11-15/h4-12H,3,13H2,1-2H3/b18-12+. The molecular weight excluding hydrogens is 350 g/mol. The number of carbonyl (C=O) groups is 1. The van der Waals surface area contributed by atoms with E-state index >= 15 is 0 Å². The van der Waals surface area contributed by atoms with E-state index in [9.17, 15) is 4.79 Å². The molecule has 25 heavy (non-hydrogen) atoms. The van der Waals surface area contributed by atoms with Gasteiger partial charge >= 0.3 is 0 Å². The summed E-state index contributed by atoms with van der Waals surface area (Å²) in [6.45, 7) is 5.06. The van der Waals surface area contributed by atoms with Crippen LogP contribution in [0.25, 0.3) is 6.08 Å². The summed E-state index contributed by atoms with van der Waals surface area (Å²) < 4.78 is 6.59. The fraction of sp³-hybridized carbons (Fsp3) is 0.200. The number of benzene rings is 2. The maximum atomic E-state index is 12.4. The van der Waals surface area contributed by atoms with Crippen LogP contribution in [0.5, 0.6) is 5.75 Å². The average molecular weight is 370 g/mol. The van der Waals surface area contributed by atoms with E-state index in [2.05, 4.69) is 31.2 Å². The maximum Gasteiger partial charge on any atom is 0.266 e. The van der Waals surface area contributed by atoms with Gasteiger partial charge in [-0.2, -0.15) is 0 Å². The number of amides is 1. The monoisotopic (exact) mass is 369 g/mol. The first-order valence-corrected chi connectivity index (χ1v) is 9.33. The fourth-order valence-electron chi connectivity index (χ4n) is 2.49. The first kappa shape index (κ1) is 17.7. The molecule has 1 heterocycles. The number of thiocarbonyl (C=S) groups is 1. The number of thioether (sulfide) groups is 1. The minimum Gasteiger partial charge on any atom is -0.488 e. The van der Waals surface area contributed by atoms with Crippen LogP contribution in [0, 0.1) is 6.92 Å². The van der Waals surface area contributed by atoms with Gasteiger partial charge in [0.2, 0.25) is 0 Å². The summed E-state index contributed by atoms with van der Waals surface area (Å²) in [6.07, 6.45) is 1.86. The van der Waals surface area contributed by atoms with Crippen LogP contribution in [0.4, 0.5) is 0 Å². The third kappa shape index (κ3) is 4.11. The Hall–Kier alpha value is -2.11. The minimum absolute atomic E-state index is 0.0363. The second-order valence-corrected chi connectivity index (χ2v) is 7.41. The zero-order valence-corrected chi connectivity index (χ0v) is 15.8. The van der Waals surface area contributed by atoms with E-state index in [1.54, 1.807) is 4.90 Å². The summed E-state index contributed by atoms with van der Waals surface area (Å²) in [7, 11) is 0. The maximum absolute atomic E-state index is 12.4. The van der Waals surface area contributed by atoms with Gasteiger partial charge in [0.25, 0.3) is 5.91 Å². The molecule has 0 N–H and O–H groups in total. The Morgan fingerprint density at radius 1 is 1.16 bits per heavy atom. The third-order valence-corrected chi connectivity index (χ3v) is 5.29. The van der Waals surface area contributed by atoms with Crippen LogP contribution < -0.4 is 4.74 Å². The molecule has 0 radical (unpaired) electrons. The minimum atomic E-state index is -0.0363. The zero-order valence-electron chi connectivity index (χ0n) is 14.2. The van der Waals surface area contributed by atoms with Gasteiger partial charge in [0.15, 0.2) is 0 Å². The zero-order chi connectivity index (χ0) is 17.8. The molecule has 0 bridgehead atoms. The highest BCUT2D eigenvalue weighted by Gasteiger charge is 2.30. The van der Waals surface area contributed by atoms with Gasteiger partial charge in [0.05, 0.1) is 4.91 Å². The molecular formula is C20H19NO2S2. The summed E-state index contributed by atoms with van der Waals surface area (Å²) in [6, 6.07) is 16.0. The van der Waals surface area contributed by atoms with Gasteiger partial charge in [0.1, 0.15) is 16.7 Å². The van der Waals surface area contributed by atoms with E-state index in [0.717, 1.165) is 16.9 Å². The van der Waals surface area contributed by atoms with Crippen LogP contribution >= 0.6 is 24.0 Å². The molecule has 0 saturated carbocycles. The molecule has 1 amide bonds. The van der Waals surface area contributed by atoms with E-state index in [-0.39, 0.29) is 5.91 Å². The Balaban J connectivity index is 1.79. The highest BCUT2D eigenvalue weighted by molar-refractivity contribution is 8.26. The Morgan fingerprint density at radius 2 is 1.88 bits per heavy atom. The van der Waals surface area contributed by atoms with Crippen LogP contribution in [-0.2, 0) is 11.4 Å². The summed E-state index contributed by atoms with van der Waals surface area (Å²) in [5.74, 6) is 0.718. The molecule has 1 fully saturated rings. The van der Waals surface area contributed by atoms with Crippen molar-refractivity contribution in [2.45, 2.75) is 20.5 Å². The third-order valence-electron chi connectivity index (χ3n) is 3.91. The molecule has 1 saturated heterocycles. The van der Waals surface area contributed by atoms with Crippen molar-refractivity contribution in [1.29, 1.82) is 0 Å². The van der Waals surface area contributed by atoms with Gasteiger partial charge < -0.3 is 4.74 Å². The normalized spacial score (nSPS) is 15.9. The molecule has 0 aliphatic carbocycles. The largest absolute Gasteiger partial charge is 0.488 e. The number of likely N-dealkylation sites (N-methyl/N-ethyl adjacent to an activating group) is 1. The van der Waals surface area contributed by atoms with E-state index in [4.69, 9.17) is 17.0 Å². The number of nitrogens with zero attached hydrogens (tertiary/aromatic N) is 1. The number of carbonyl (C=O) groups excluding carboxylic acids is 1. The molecule has 3 nitrogen and oxygen atoms in total. The molecule has 0 atom stereocenters. The molecule has 3 rings (SSSR count). The van der Waals surface area contributed by atoms with Crippen molar-refractivity contribution < 1.29 is 9.53 Å². The number of para-hydroxylation sites is 1. The van der Waals surface area contributed by atoms with Crippen molar-refractivity contribution in [3.05, 3.63) is 70.1 Å². The van der Waals surface area contributed by atoms with Gasteiger partial charge in [-0.05, 0) is 31.6 Å². The summed E-state index contributed by atoms with van der Waals surface area (Å²) in [5.41, 5.74) is 3.21. The smallest absolute Gasteiger partial charge is 0.266 e. The molecule has 2 aromatic rings. The quantitative estimate of drug-likeness (QED) is 0.559. The van der Waals surface area contributed by atoms with E-state index in [1.807, 2.05) is 37.3 Å². The van der Waals surface area contributed by atoms with E-state index in [0.29, 0.717) is 22.4 Å². The summed E-state index contributed by atoms with van der Waals surface area (Å²) in [5, 5.41) is 0. The SMILES string of the molecule is CCN1C(=O)/C(=C\c2ccccc2OCc2ccc(C)cc2)SC1=S. The Kier molecular flexibility index (Phi) is 5.56. The average Bonchev–Trinajstić information content (AvgIpc) is 2.88. The number of aryl methyl sites for hydroxylation is 1. The summed E-state index contributed by atoms with van der Waals surface area (Å²) in [4.78, 5) is 14.6. The number of hydrogen-bond acceptors (Lipinski definition) is 4. The van der Waals surface area contributed by atoms with Gasteiger partial charge in [0, 0.05) is 12.1 Å². The van der Waals surface area contributed by atoms with Crippen molar-refractivity contribution >= 4 is 40.3 Å². The number of ether oxygens (including phenoxy) is 1. The lowest BCUT2D eigenvalue weighted by molar-refractivity contribution is -0.121. The number of rotatable bonds is 5. The predicted molar refractivity (Wildman–Crippen MR) is 108 cm³/mol. The van der Waals surface area contributed by atoms with Gasteiger partial charge in [-0.3, -0.25) is 9.69 Å². The molecule has 1 aliphatic rings. The topological polar surface area (TPSA) is 29.5 Å². The van der Waals surface area contributed by atoms with Crippen LogP contribution in [0.1, 0.15) is 23.6 Å². The van der Waals surface area contributed by atoms with E-state index < -0.39 is 0 Å². The highest BCUT2D eigenvalue weighted by atomic mass is 32.2. The Bertz CT molecular complexity index is 828. The van der Waals surface area contributed by atoms with Crippen molar-refractivity contribution in [3.63, 3.8) is 0 Å². The van der Waals surface area contributed by atoms with Gasteiger partial charge in [-0.1, -0.05) is 72.0 Å². The lowest BCUT2D eigenvalue weighted by Crippen LogP contribution is -2.27. The van der Waals surface area contributed by atoms with Crippen molar-refractivity contribution in [1.82, 2.24) is 4.90 Å². The lowest BCUT2D eigenvalue weighted by atomic mass is 10.1. The summed E-state index contributed by atoms with van der Waals surface area (Å²) >= 11 is 6.60. The molecule has 0 spiro atoms. The first-order valence-electron chi connectivity index (χ1n) is 8.11. The molecule has 5 heteroatoms. The number of hydrogen-bond donors (Lipinski definition) is 0. The van der Waals surface area contributed by atoms with Crippen LogP contribution in [0.3, 0.4) is 0 Å². The van der Waals surface area contributed by atoms with E-state index in [1.165, 1.54) is 17.3 Å². The van der Waals surface area contributed by atoms with Crippen molar-refractivity contribution in [2.24, 2.45) is 0 Å². The Labute approximate surface area is 157 Å². The van der Waals surface area contributed by atoms with Gasteiger partial charge in [-0.15, -0.1) is 0 Å². The van der Waals surface area contributed by atoms with Crippen LogP contribution in [0.2, 0.25) is 0 Å². The van der Waals surface area contributed by atoms with Crippen molar-refractivity contribution in [2.75, 3.05) is 6.54 Å². The first-order chi connectivity index (χ1) is 12.1. The molecule has 2 aromatic carbocycles. The van der Waals surface area contributed by atoms with Crippen molar-refractivity contribution in [3.8, 4) is 5.75 Å². The van der Waals surface area contributed by atoms with Gasteiger partial charge in [-0.25, -0.2) is 0 Å². The molecule has 1 aliphatic heterocycles. The Morgan fingerprint density at radius 3 is 2.56 bits per heavy atom. The predicted octanol–water partition coefficient (Wildman–Crippen LogP) is 4.80. The lowest BCUT2D eigenvalue weighted by Gasteiger charge is -2.11. The highest BCUT2D eigenvalue weighted by Crippen LogP contribution is 2.34. The van der Waals surface area contributed by atoms with Crippen LogP contribution in [-0.4, -0.2) is 21.7 Å². The second kappa shape index (κ2) is 7.85. The second-order valence-electron chi connectivity index (χ2n) is 5.74. The fourth-order valence-corrected chi connectivity index (χ4v) is 3.87. The molecule has 0 unspecified atom stereocenters.